The molecule has 1 aliphatic rings. The number of rotatable bonds is 3. The first-order valence-electron chi connectivity index (χ1n) is 6.71. The molecule has 1 aromatic heterocycles. The van der Waals surface area contributed by atoms with Crippen LogP contribution in [0.25, 0.3) is 0 Å². The van der Waals surface area contributed by atoms with Crippen LogP contribution in [0.5, 0.6) is 0 Å². The average Bonchev–Trinajstić information content (AvgIpc) is 2.92. The molecule has 0 saturated carbocycles. The molecule has 2 aromatic rings. The molecule has 1 N–H and O–H groups in total. The number of aromatic nitrogens is 2. The third kappa shape index (κ3) is 2.67. The number of carbonyl (C=O) groups excluding carboxylic acids is 1. The van der Waals surface area contributed by atoms with E-state index in [0.29, 0.717) is 0 Å². The largest absolute Gasteiger partial charge is 0.324 e. The monoisotopic (exact) mass is 255 g/mol. The summed E-state index contributed by atoms with van der Waals surface area (Å²) in [5.41, 5.74) is 3.65. The van der Waals surface area contributed by atoms with Crippen LogP contribution in [0.1, 0.15) is 24.0 Å². The van der Waals surface area contributed by atoms with Gasteiger partial charge in [0.2, 0.25) is 5.91 Å². The lowest BCUT2D eigenvalue weighted by molar-refractivity contribution is -0.116. The van der Waals surface area contributed by atoms with Crippen LogP contribution in [-0.4, -0.2) is 15.7 Å². The van der Waals surface area contributed by atoms with Gasteiger partial charge in [-0.05, 0) is 48.9 Å². The van der Waals surface area contributed by atoms with Crippen LogP contribution < -0.4 is 5.32 Å². The number of benzene rings is 1. The molecule has 0 saturated heterocycles. The summed E-state index contributed by atoms with van der Waals surface area (Å²) in [4.78, 5) is 12.0. The van der Waals surface area contributed by atoms with Gasteiger partial charge < -0.3 is 5.32 Å². The van der Waals surface area contributed by atoms with Crippen molar-refractivity contribution in [3.8, 4) is 0 Å². The molecule has 0 bridgehead atoms. The van der Waals surface area contributed by atoms with Gasteiger partial charge >= 0.3 is 0 Å². The SMILES string of the molecule is O=C(Cn1cccn1)Nc1cccc2c1CCCC2. The normalized spacial score (nSPS) is 13.9. The van der Waals surface area contributed by atoms with E-state index in [2.05, 4.69) is 16.5 Å². The molecule has 0 unspecified atom stereocenters. The summed E-state index contributed by atoms with van der Waals surface area (Å²) < 4.78 is 1.63. The van der Waals surface area contributed by atoms with E-state index >= 15 is 0 Å². The predicted octanol–water partition coefficient (Wildman–Crippen LogP) is 2.40. The standard InChI is InChI=1S/C15H17N3O/c19-15(11-18-10-4-9-16-18)17-14-8-3-6-12-5-1-2-7-13(12)14/h3-4,6,8-10H,1-2,5,7,11H2,(H,17,19). The fourth-order valence-electron chi connectivity index (χ4n) is 2.63. The highest BCUT2D eigenvalue weighted by molar-refractivity contribution is 5.91. The van der Waals surface area contributed by atoms with Crippen molar-refractivity contribution >= 4 is 11.6 Å². The first kappa shape index (κ1) is 12.0. The van der Waals surface area contributed by atoms with Gasteiger partial charge in [0.1, 0.15) is 6.54 Å². The quantitative estimate of drug-likeness (QED) is 0.915. The molecule has 4 nitrogen and oxygen atoms in total. The molecule has 4 heteroatoms. The van der Waals surface area contributed by atoms with E-state index in [-0.39, 0.29) is 12.5 Å². The highest BCUT2D eigenvalue weighted by Gasteiger charge is 2.14. The van der Waals surface area contributed by atoms with Gasteiger partial charge in [0.25, 0.3) is 0 Å². The second-order valence-electron chi connectivity index (χ2n) is 4.90. The number of carbonyl (C=O) groups is 1. The van der Waals surface area contributed by atoms with Gasteiger partial charge in [-0.3, -0.25) is 9.48 Å². The lowest BCUT2D eigenvalue weighted by Gasteiger charge is -2.19. The van der Waals surface area contributed by atoms with Crippen molar-refractivity contribution in [2.45, 2.75) is 32.2 Å². The predicted molar refractivity (Wildman–Crippen MR) is 73.9 cm³/mol. The molecular weight excluding hydrogens is 238 g/mol. The van der Waals surface area contributed by atoms with Crippen LogP contribution in [0, 0.1) is 0 Å². The maximum atomic E-state index is 12.0. The van der Waals surface area contributed by atoms with Gasteiger partial charge in [-0.2, -0.15) is 5.10 Å². The summed E-state index contributed by atoms with van der Waals surface area (Å²) >= 11 is 0. The first-order valence-corrected chi connectivity index (χ1v) is 6.71. The van der Waals surface area contributed by atoms with Crippen molar-refractivity contribution in [2.75, 3.05) is 5.32 Å². The molecule has 1 aliphatic carbocycles. The molecule has 3 rings (SSSR count). The van der Waals surface area contributed by atoms with Gasteiger partial charge in [-0.15, -0.1) is 0 Å². The Hall–Kier alpha value is -2.10. The van der Waals surface area contributed by atoms with Crippen LogP contribution in [0.3, 0.4) is 0 Å². The number of aryl methyl sites for hydroxylation is 1. The van der Waals surface area contributed by atoms with E-state index in [0.717, 1.165) is 18.5 Å². The van der Waals surface area contributed by atoms with Gasteiger partial charge in [-0.1, -0.05) is 12.1 Å². The van der Waals surface area contributed by atoms with Crippen LogP contribution >= 0.6 is 0 Å². The fourth-order valence-corrected chi connectivity index (χ4v) is 2.63. The summed E-state index contributed by atoms with van der Waals surface area (Å²) in [7, 11) is 0. The third-order valence-corrected chi connectivity index (χ3v) is 3.53. The zero-order valence-corrected chi connectivity index (χ0v) is 10.8. The maximum absolute atomic E-state index is 12.0. The number of amides is 1. The zero-order chi connectivity index (χ0) is 13.1. The molecule has 0 aliphatic heterocycles. The Labute approximate surface area is 112 Å². The Bertz CT molecular complexity index is 575. The van der Waals surface area contributed by atoms with Crippen molar-refractivity contribution in [1.29, 1.82) is 0 Å². The maximum Gasteiger partial charge on any atom is 0.246 e. The van der Waals surface area contributed by atoms with Crippen molar-refractivity contribution in [3.05, 3.63) is 47.8 Å². The Balaban J connectivity index is 1.74. The number of hydrogen-bond acceptors (Lipinski definition) is 2. The van der Waals surface area contributed by atoms with E-state index in [1.165, 1.54) is 24.0 Å². The summed E-state index contributed by atoms with van der Waals surface area (Å²) in [6.45, 7) is 0.261. The van der Waals surface area contributed by atoms with Gasteiger partial charge in [0.05, 0.1) is 0 Å². The van der Waals surface area contributed by atoms with E-state index in [1.807, 2.05) is 18.2 Å². The molecule has 0 atom stereocenters. The second-order valence-corrected chi connectivity index (χ2v) is 4.90. The highest BCUT2D eigenvalue weighted by Crippen LogP contribution is 2.27. The van der Waals surface area contributed by atoms with Gasteiger partial charge in [-0.25, -0.2) is 0 Å². The van der Waals surface area contributed by atoms with Crippen LogP contribution in [0.15, 0.2) is 36.7 Å². The fraction of sp³-hybridized carbons (Fsp3) is 0.333. The van der Waals surface area contributed by atoms with Crippen LogP contribution in [-0.2, 0) is 24.2 Å². The number of nitrogens with one attached hydrogen (secondary N) is 1. The molecule has 0 fully saturated rings. The second kappa shape index (κ2) is 5.26. The molecule has 0 radical (unpaired) electrons. The first-order chi connectivity index (χ1) is 9.33. The topological polar surface area (TPSA) is 46.9 Å². The molecular formula is C15H17N3O. The number of nitrogens with zero attached hydrogens (tertiary/aromatic N) is 2. The Kier molecular flexibility index (Phi) is 3.31. The minimum Gasteiger partial charge on any atom is -0.324 e. The molecule has 1 amide bonds. The average molecular weight is 255 g/mol. The van der Waals surface area contributed by atoms with Crippen molar-refractivity contribution < 1.29 is 4.79 Å². The zero-order valence-electron chi connectivity index (χ0n) is 10.8. The third-order valence-electron chi connectivity index (χ3n) is 3.53. The molecule has 1 aromatic carbocycles. The summed E-state index contributed by atoms with van der Waals surface area (Å²) in [5, 5.41) is 7.05. The van der Waals surface area contributed by atoms with E-state index in [9.17, 15) is 4.79 Å². The molecule has 98 valence electrons. The Morgan fingerprint density at radius 1 is 1.26 bits per heavy atom. The minimum absolute atomic E-state index is 0.0253. The smallest absolute Gasteiger partial charge is 0.246 e. The number of hydrogen-bond donors (Lipinski definition) is 1. The minimum atomic E-state index is -0.0253. The molecule has 1 heterocycles. The summed E-state index contributed by atoms with van der Waals surface area (Å²) in [5.74, 6) is -0.0253. The number of fused-ring (bicyclic) bond motifs is 1. The van der Waals surface area contributed by atoms with E-state index < -0.39 is 0 Å². The molecule has 19 heavy (non-hydrogen) atoms. The summed E-state index contributed by atoms with van der Waals surface area (Å²) in [6.07, 6.45) is 8.11. The van der Waals surface area contributed by atoms with Crippen molar-refractivity contribution in [3.63, 3.8) is 0 Å². The lowest BCUT2D eigenvalue weighted by atomic mass is 9.90. The van der Waals surface area contributed by atoms with Crippen LogP contribution in [0.2, 0.25) is 0 Å². The van der Waals surface area contributed by atoms with E-state index in [1.54, 1.807) is 17.1 Å². The highest BCUT2D eigenvalue weighted by atomic mass is 16.2. The van der Waals surface area contributed by atoms with Crippen LogP contribution in [0.4, 0.5) is 5.69 Å². The van der Waals surface area contributed by atoms with Gasteiger partial charge in [0, 0.05) is 18.1 Å². The van der Waals surface area contributed by atoms with Crippen molar-refractivity contribution in [1.82, 2.24) is 9.78 Å². The van der Waals surface area contributed by atoms with Crippen molar-refractivity contribution in [2.24, 2.45) is 0 Å². The van der Waals surface area contributed by atoms with Gasteiger partial charge in [0.15, 0.2) is 0 Å². The summed E-state index contributed by atoms with van der Waals surface area (Å²) in [6, 6.07) is 7.99. The molecule has 0 spiro atoms. The lowest BCUT2D eigenvalue weighted by Crippen LogP contribution is -2.20. The van der Waals surface area contributed by atoms with E-state index in [4.69, 9.17) is 0 Å². The Morgan fingerprint density at radius 2 is 2.16 bits per heavy atom. The number of anilines is 1. The Morgan fingerprint density at radius 3 is 3.00 bits per heavy atom.